The van der Waals surface area contributed by atoms with Crippen LogP contribution in [0.4, 0.5) is 0 Å². The topological polar surface area (TPSA) is 42.7 Å². The highest BCUT2D eigenvalue weighted by Gasteiger charge is 2.24. The Labute approximate surface area is 128 Å². The van der Waals surface area contributed by atoms with Crippen LogP contribution in [-0.2, 0) is 13.6 Å². The van der Waals surface area contributed by atoms with Crippen LogP contribution in [0.2, 0.25) is 0 Å². The summed E-state index contributed by atoms with van der Waals surface area (Å²) in [6.45, 7) is 14.2. The minimum Gasteiger partial charge on any atom is -0.308 e. The molecule has 0 fully saturated rings. The fraction of sp³-hybridized carbons (Fsp3) is 0.647. The van der Waals surface area contributed by atoms with E-state index in [1.54, 1.807) is 0 Å². The summed E-state index contributed by atoms with van der Waals surface area (Å²) in [5.41, 5.74) is 3.62. The fourth-order valence-electron chi connectivity index (χ4n) is 3.18. The van der Waals surface area contributed by atoms with Crippen molar-refractivity contribution in [2.24, 2.45) is 12.5 Å². The molecule has 4 heteroatoms. The minimum atomic E-state index is 0.108. The Balaban J connectivity index is 2.12. The SMILES string of the molecule is Cc1nn(C)c2ncc(CNC(C)(C)CC(C)(C)C)cc12. The Kier molecular flexibility index (Phi) is 4.11. The second-order valence-corrected chi connectivity index (χ2v) is 7.90. The van der Waals surface area contributed by atoms with Crippen molar-refractivity contribution in [3.63, 3.8) is 0 Å². The Morgan fingerprint density at radius 3 is 2.48 bits per heavy atom. The molecular formula is C17H28N4. The number of fused-ring (bicyclic) bond motifs is 1. The number of rotatable bonds is 4. The number of hydrogen-bond donors (Lipinski definition) is 1. The van der Waals surface area contributed by atoms with Gasteiger partial charge in [-0.1, -0.05) is 20.8 Å². The van der Waals surface area contributed by atoms with Crippen molar-refractivity contribution in [2.45, 2.75) is 60.0 Å². The summed E-state index contributed by atoms with van der Waals surface area (Å²) >= 11 is 0. The summed E-state index contributed by atoms with van der Waals surface area (Å²) in [4.78, 5) is 4.54. The molecule has 0 bridgehead atoms. The molecule has 0 aliphatic carbocycles. The van der Waals surface area contributed by atoms with E-state index in [-0.39, 0.29) is 5.54 Å². The van der Waals surface area contributed by atoms with Gasteiger partial charge in [-0.3, -0.25) is 4.68 Å². The van der Waals surface area contributed by atoms with Gasteiger partial charge in [-0.05, 0) is 44.2 Å². The summed E-state index contributed by atoms with van der Waals surface area (Å²) in [6.07, 6.45) is 3.07. The van der Waals surface area contributed by atoms with Crippen molar-refractivity contribution >= 4 is 11.0 Å². The molecule has 2 heterocycles. The molecule has 0 radical (unpaired) electrons. The van der Waals surface area contributed by atoms with Gasteiger partial charge in [-0.2, -0.15) is 5.10 Å². The van der Waals surface area contributed by atoms with Crippen molar-refractivity contribution in [3.05, 3.63) is 23.5 Å². The van der Waals surface area contributed by atoms with E-state index in [2.05, 4.69) is 56.1 Å². The van der Waals surface area contributed by atoms with E-state index >= 15 is 0 Å². The van der Waals surface area contributed by atoms with Crippen molar-refractivity contribution < 1.29 is 0 Å². The zero-order chi connectivity index (χ0) is 15.8. The zero-order valence-corrected chi connectivity index (χ0v) is 14.4. The molecule has 116 valence electrons. The van der Waals surface area contributed by atoms with Gasteiger partial charge >= 0.3 is 0 Å². The van der Waals surface area contributed by atoms with Crippen molar-refractivity contribution in [1.82, 2.24) is 20.1 Å². The number of aryl methyl sites for hydroxylation is 2. The van der Waals surface area contributed by atoms with Crippen LogP contribution >= 0.6 is 0 Å². The summed E-state index contributed by atoms with van der Waals surface area (Å²) in [7, 11) is 1.94. The summed E-state index contributed by atoms with van der Waals surface area (Å²) < 4.78 is 1.84. The van der Waals surface area contributed by atoms with E-state index in [1.165, 1.54) is 5.56 Å². The average molecular weight is 288 g/mol. The van der Waals surface area contributed by atoms with E-state index in [0.29, 0.717) is 5.41 Å². The Morgan fingerprint density at radius 1 is 1.19 bits per heavy atom. The first-order valence-corrected chi connectivity index (χ1v) is 7.61. The molecule has 0 aliphatic rings. The predicted molar refractivity (Wildman–Crippen MR) is 88.2 cm³/mol. The maximum atomic E-state index is 4.54. The van der Waals surface area contributed by atoms with Crippen molar-refractivity contribution in [2.75, 3.05) is 0 Å². The molecule has 2 aromatic rings. The van der Waals surface area contributed by atoms with Crippen LogP contribution in [0.25, 0.3) is 11.0 Å². The molecule has 0 saturated carbocycles. The molecule has 1 N–H and O–H groups in total. The lowest BCUT2D eigenvalue weighted by molar-refractivity contribution is 0.240. The van der Waals surface area contributed by atoms with Crippen LogP contribution in [0.1, 0.15) is 52.3 Å². The zero-order valence-electron chi connectivity index (χ0n) is 14.4. The van der Waals surface area contributed by atoms with Gasteiger partial charge in [0.1, 0.15) is 0 Å². The molecule has 2 aromatic heterocycles. The lowest BCUT2D eigenvalue weighted by Gasteiger charge is -2.33. The van der Waals surface area contributed by atoms with Crippen LogP contribution in [0.5, 0.6) is 0 Å². The summed E-state index contributed by atoms with van der Waals surface area (Å²) in [6, 6.07) is 2.20. The molecule has 0 amide bonds. The summed E-state index contributed by atoms with van der Waals surface area (Å²) in [5.74, 6) is 0. The number of aromatic nitrogens is 3. The van der Waals surface area contributed by atoms with Crippen LogP contribution < -0.4 is 5.32 Å². The number of nitrogens with zero attached hydrogens (tertiary/aromatic N) is 3. The maximum Gasteiger partial charge on any atom is 0.157 e. The molecule has 0 aromatic carbocycles. The van der Waals surface area contributed by atoms with Gasteiger partial charge in [0.2, 0.25) is 0 Å². The first kappa shape index (κ1) is 16.0. The second kappa shape index (κ2) is 5.41. The van der Waals surface area contributed by atoms with Gasteiger partial charge < -0.3 is 5.32 Å². The Bertz CT molecular complexity index is 632. The molecule has 21 heavy (non-hydrogen) atoms. The van der Waals surface area contributed by atoms with Gasteiger partial charge in [0.25, 0.3) is 0 Å². The van der Waals surface area contributed by atoms with Crippen LogP contribution in [0.15, 0.2) is 12.3 Å². The van der Waals surface area contributed by atoms with E-state index < -0.39 is 0 Å². The van der Waals surface area contributed by atoms with Crippen LogP contribution in [0.3, 0.4) is 0 Å². The third-order valence-electron chi connectivity index (χ3n) is 3.66. The molecule has 0 atom stereocenters. The second-order valence-electron chi connectivity index (χ2n) is 7.90. The van der Waals surface area contributed by atoms with E-state index in [0.717, 1.165) is 29.7 Å². The highest BCUT2D eigenvalue weighted by atomic mass is 15.3. The van der Waals surface area contributed by atoms with E-state index in [1.807, 2.05) is 24.9 Å². The van der Waals surface area contributed by atoms with Gasteiger partial charge in [-0.15, -0.1) is 0 Å². The molecular weight excluding hydrogens is 260 g/mol. The standard InChI is InChI=1S/C17H28N4/c1-12-14-8-13(9-18-15(14)21(7)20-12)10-19-17(5,6)11-16(2,3)4/h8-9,19H,10-11H2,1-7H3. The third kappa shape index (κ3) is 4.03. The summed E-state index contributed by atoms with van der Waals surface area (Å²) in [5, 5.41) is 9.22. The molecule has 4 nitrogen and oxygen atoms in total. The smallest absolute Gasteiger partial charge is 0.157 e. The minimum absolute atomic E-state index is 0.108. The average Bonchev–Trinajstić information content (AvgIpc) is 2.60. The molecule has 0 saturated heterocycles. The van der Waals surface area contributed by atoms with Gasteiger partial charge in [-0.25, -0.2) is 4.98 Å². The predicted octanol–water partition coefficient (Wildman–Crippen LogP) is 3.58. The highest BCUT2D eigenvalue weighted by molar-refractivity contribution is 5.78. The number of pyridine rings is 1. The normalized spacial score (nSPS) is 13.1. The Morgan fingerprint density at radius 2 is 1.86 bits per heavy atom. The number of nitrogens with one attached hydrogen (secondary N) is 1. The lowest BCUT2D eigenvalue weighted by Crippen LogP contribution is -2.41. The van der Waals surface area contributed by atoms with Gasteiger partial charge in [0.15, 0.2) is 5.65 Å². The fourth-order valence-corrected chi connectivity index (χ4v) is 3.18. The quantitative estimate of drug-likeness (QED) is 0.935. The van der Waals surface area contributed by atoms with E-state index in [4.69, 9.17) is 0 Å². The lowest BCUT2D eigenvalue weighted by atomic mass is 9.82. The number of hydrogen-bond acceptors (Lipinski definition) is 3. The largest absolute Gasteiger partial charge is 0.308 e. The van der Waals surface area contributed by atoms with Crippen LogP contribution in [-0.4, -0.2) is 20.3 Å². The highest BCUT2D eigenvalue weighted by Crippen LogP contribution is 2.27. The van der Waals surface area contributed by atoms with Crippen molar-refractivity contribution in [3.8, 4) is 0 Å². The molecule has 0 spiro atoms. The molecule has 2 rings (SSSR count). The molecule has 0 unspecified atom stereocenters. The van der Waals surface area contributed by atoms with E-state index in [9.17, 15) is 0 Å². The van der Waals surface area contributed by atoms with Crippen LogP contribution in [0, 0.1) is 12.3 Å². The monoisotopic (exact) mass is 288 g/mol. The van der Waals surface area contributed by atoms with Gasteiger partial charge in [0.05, 0.1) is 5.69 Å². The first-order chi connectivity index (χ1) is 9.57. The van der Waals surface area contributed by atoms with Gasteiger partial charge in [0, 0.05) is 30.7 Å². The molecule has 0 aliphatic heterocycles. The Hall–Kier alpha value is -1.42. The first-order valence-electron chi connectivity index (χ1n) is 7.61. The maximum absolute atomic E-state index is 4.54. The third-order valence-corrected chi connectivity index (χ3v) is 3.66. The van der Waals surface area contributed by atoms with Crippen molar-refractivity contribution in [1.29, 1.82) is 0 Å².